The molecule has 4 nitrogen and oxygen atoms in total. The average molecular weight is 300 g/mol. The lowest BCUT2D eigenvalue weighted by molar-refractivity contribution is 0.0931. The summed E-state index contributed by atoms with van der Waals surface area (Å²) in [5, 5.41) is 14.2. The van der Waals surface area contributed by atoms with Gasteiger partial charge in [-0.1, -0.05) is 45.2 Å². The van der Waals surface area contributed by atoms with Crippen LogP contribution in [0, 0.1) is 0 Å². The second-order valence-electron chi connectivity index (χ2n) is 5.70. The van der Waals surface area contributed by atoms with Gasteiger partial charge in [0, 0.05) is 17.6 Å². The molecule has 22 heavy (non-hydrogen) atoms. The Morgan fingerprint density at radius 3 is 2.59 bits per heavy atom. The van der Waals surface area contributed by atoms with Gasteiger partial charge in [0.05, 0.1) is 5.56 Å². The van der Waals surface area contributed by atoms with Crippen LogP contribution in [0.5, 0.6) is 5.75 Å². The van der Waals surface area contributed by atoms with Crippen LogP contribution in [0.15, 0.2) is 30.5 Å². The molecule has 118 valence electrons. The van der Waals surface area contributed by atoms with Crippen LogP contribution in [0.4, 0.5) is 0 Å². The summed E-state index contributed by atoms with van der Waals surface area (Å²) in [6.45, 7) is 0. The number of hydrogen-bond donors (Lipinski definition) is 2. The number of carbonyl (C=O) groups is 1. The summed E-state index contributed by atoms with van der Waals surface area (Å²) in [5.74, 6) is -0.230. The van der Waals surface area contributed by atoms with Gasteiger partial charge in [0.15, 0.2) is 5.75 Å². The van der Waals surface area contributed by atoms with E-state index < -0.39 is 0 Å². The molecule has 0 atom stereocenters. The van der Waals surface area contributed by atoms with Crippen molar-refractivity contribution in [2.24, 2.45) is 0 Å². The molecule has 1 aliphatic carbocycles. The van der Waals surface area contributed by atoms with Gasteiger partial charge in [0.25, 0.3) is 5.91 Å². The lowest BCUT2D eigenvalue weighted by atomic mass is 10.1. The van der Waals surface area contributed by atoms with E-state index in [4.69, 9.17) is 0 Å². The van der Waals surface area contributed by atoms with E-state index in [9.17, 15) is 9.90 Å². The maximum atomic E-state index is 12.4. The van der Waals surface area contributed by atoms with E-state index in [1.165, 1.54) is 12.8 Å². The van der Waals surface area contributed by atoms with Crippen molar-refractivity contribution in [2.45, 2.75) is 52.0 Å². The Labute approximate surface area is 131 Å². The quantitative estimate of drug-likeness (QED) is 0.823. The number of fused-ring (bicyclic) bond motifs is 1. The van der Waals surface area contributed by atoms with Crippen molar-refractivity contribution in [1.29, 1.82) is 0 Å². The van der Waals surface area contributed by atoms with Crippen molar-refractivity contribution in [3.05, 3.63) is 36.0 Å². The molecule has 4 heteroatoms. The van der Waals surface area contributed by atoms with Crippen molar-refractivity contribution in [1.82, 2.24) is 10.3 Å². The molecule has 1 heterocycles. The molecule has 1 aliphatic rings. The standard InChI is InChI=1S/C17H20N2O2.CH4/c20-16-14(10-9-12-6-5-11-18-15(12)16)17(21)19-13-7-3-1-2-4-8-13;/h5-6,9-11,13,20H,1-4,7-8H2,(H,19,21);1H4. The van der Waals surface area contributed by atoms with Crippen molar-refractivity contribution in [3.8, 4) is 5.75 Å². The van der Waals surface area contributed by atoms with E-state index in [0.717, 1.165) is 31.1 Å². The molecule has 2 aromatic rings. The predicted octanol–water partition coefficient (Wildman–Crippen LogP) is 4.03. The number of nitrogens with one attached hydrogen (secondary N) is 1. The van der Waals surface area contributed by atoms with E-state index in [0.29, 0.717) is 11.1 Å². The highest BCUT2D eigenvalue weighted by molar-refractivity contribution is 6.02. The van der Waals surface area contributed by atoms with Crippen molar-refractivity contribution in [3.63, 3.8) is 0 Å². The Kier molecular flexibility index (Phi) is 5.36. The third-order valence-electron chi connectivity index (χ3n) is 4.18. The molecule has 1 saturated carbocycles. The lowest BCUT2D eigenvalue weighted by Crippen LogP contribution is -2.34. The Morgan fingerprint density at radius 2 is 1.86 bits per heavy atom. The topological polar surface area (TPSA) is 62.2 Å². The van der Waals surface area contributed by atoms with Crippen LogP contribution in [0.25, 0.3) is 10.9 Å². The van der Waals surface area contributed by atoms with Gasteiger partial charge in [-0.25, -0.2) is 0 Å². The van der Waals surface area contributed by atoms with E-state index in [2.05, 4.69) is 10.3 Å². The van der Waals surface area contributed by atoms with E-state index in [-0.39, 0.29) is 25.1 Å². The summed E-state index contributed by atoms with van der Waals surface area (Å²) in [6.07, 6.45) is 8.49. The van der Waals surface area contributed by atoms with E-state index >= 15 is 0 Å². The third-order valence-corrected chi connectivity index (χ3v) is 4.18. The number of phenolic OH excluding ortho intramolecular Hbond substituents is 1. The highest BCUT2D eigenvalue weighted by atomic mass is 16.3. The summed E-state index contributed by atoms with van der Waals surface area (Å²) in [7, 11) is 0. The lowest BCUT2D eigenvalue weighted by Gasteiger charge is -2.17. The molecule has 0 aliphatic heterocycles. The maximum Gasteiger partial charge on any atom is 0.255 e. The fourth-order valence-electron chi connectivity index (χ4n) is 3.00. The first-order valence-corrected chi connectivity index (χ1v) is 7.63. The first-order chi connectivity index (χ1) is 10.3. The molecule has 0 bridgehead atoms. The average Bonchev–Trinajstić information content (AvgIpc) is 2.76. The first-order valence-electron chi connectivity index (χ1n) is 7.63. The van der Waals surface area contributed by atoms with Crippen LogP contribution in [0.2, 0.25) is 0 Å². The normalized spacial score (nSPS) is 15.8. The van der Waals surface area contributed by atoms with Crippen LogP contribution in [0.3, 0.4) is 0 Å². The number of pyridine rings is 1. The highest BCUT2D eigenvalue weighted by Crippen LogP contribution is 2.27. The zero-order chi connectivity index (χ0) is 14.7. The molecular formula is C18H24N2O2. The summed E-state index contributed by atoms with van der Waals surface area (Å²) >= 11 is 0. The second kappa shape index (κ2) is 7.25. The van der Waals surface area contributed by atoms with Crippen LogP contribution in [-0.4, -0.2) is 22.0 Å². The number of nitrogens with zero attached hydrogens (tertiary/aromatic N) is 1. The maximum absolute atomic E-state index is 12.4. The molecular weight excluding hydrogens is 276 g/mol. The van der Waals surface area contributed by atoms with Crippen molar-refractivity contribution < 1.29 is 9.90 Å². The van der Waals surface area contributed by atoms with Gasteiger partial charge >= 0.3 is 0 Å². The van der Waals surface area contributed by atoms with Gasteiger partial charge in [0.1, 0.15) is 5.52 Å². The second-order valence-corrected chi connectivity index (χ2v) is 5.70. The number of rotatable bonds is 2. The minimum atomic E-state index is -0.202. The largest absolute Gasteiger partial charge is 0.505 e. The van der Waals surface area contributed by atoms with Crippen LogP contribution >= 0.6 is 0 Å². The highest BCUT2D eigenvalue weighted by Gasteiger charge is 2.19. The Bertz CT molecular complexity index is 647. The SMILES string of the molecule is C.O=C(NC1CCCCCC1)c1ccc2cccnc2c1O. The summed E-state index contributed by atoms with van der Waals surface area (Å²) in [6, 6.07) is 7.40. The molecule has 0 spiro atoms. The summed E-state index contributed by atoms with van der Waals surface area (Å²) in [5.41, 5.74) is 0.788. The monoisotopic (exact) mass is 300 g/mol. The van der Waals surface area contributed by atoms with Crippen LogP contribution in [0.1, 0.15) is 56.3 Å². The number of aromatic nitrogens is 1. The molecule has 0 radical (unpaired) electrons. The predicted molar refractivity (Wildman–Crippen MR) is 89.1 cm³/mol. The zero-order valence-corrected chi connectivity index (χ0v) is 12.0. The molecule has 2 N–H and O–H groups in total. The Balaban J connectivity index is 0.00000176. The number of amides is 1. The molecule has 0 saturated heterocycles. The first kappa shape index (κ1) is 16.3. The molecule has 1 aromatic carbocycles. The smallest absolute Gasteiger partial charge is 0.255 e. The fourth-order valence-corrected chi connectivity index (χ4v) is 3.00. The summed E-state index contributed by atoms with van der Waals surface area (Å²) < 4.78 is 0. The van der Waals surface area contributed by atoms with Gasteiger partial charge in [0.2, 0.25) is 0 Å². The van der Waals surface area contributed by atoms with Crippen molar-refractivity contribution in [2.75, 3.05) is 0 Å². The minimum Gasteiger partial charge on any atom is -0.505 e. The number of benzene rings is 1. The van der Waals surface area contributed by atoms with E-state index in [1.807, 2.05) is 18.2 Å². The molecule has 1 aromatic heterocycles. The number of phenols is 1. The van der Waals surface area contributed by atoms with Gasteiger partial charge in [-0.15, -0.1) is 0 Å². The van der Waals surface area contributed by atoms with Gasteiger partial charge < -0.3 is 10.4 Å². The Morgan fingerprint density at radius 1 is 1.14 bits per heavy atom. The molecule has 1 amide bonds. The number of hydrogen-bond acceptors (Lipinski definition) is 3. The van der Waals surface area contributed by atoms with Gasteiger partial charge in [-0.3, -0.25) is 9.78 Å². The van der Waals surface area contributed by atoms with Gasteiger partial charge in [-0.05, 0) is 25.0 Å². The summed E-state index contributed by atoms with van der Waals surface area (Å²) in [4.78, 5) is 16.5. The number of aromatic hydroxyl groups is 1. The van der Waals surface area contributed by atoms with E-state index in [1.54, 1.807) is 12.3 Å². The van der Waals surface area contributed by atoms with Crippen LogP contribution < -0.4 is 5.32 Å². The Hall–Kier alpha value is -2.10. The number of carbonyl (C=O) groups excluding carboxylic acids is 1. The molecule has 0 unspecified atom stereocenters. The minimum absolute atomic E-state index is 0. The zero-order valence-electron chi connectivity index (χ0n) is 12.0. The third kappa shape index (κ3) is 3.38. The van der Waals surface area contributed by atoms with Gasteiger partial charge in [-0.2, -0.15) is 0 Å². The fraction of sp³-hybridized carbons (Fsp3) is 0.444. The molecule has 3 rings (SSSR count). The van der Waals surface area contributed by atoms with Crippen molar-refractivity contribution >= 4 is 16.8 Å². The van der Waals surface area contributed by atoms with Crippen LogP contribution in [-0.2, 0) is 0 Å². The molecule has 1 fully saturated rings.